The number of nitrogens with one attached hydrogen (secondary N) is 1. The highest BCUT2D eigenvalue weighted by Crippen LogP contribution is 2.30. The Morgan fingerprint density at radius 1 is 0.978 bits per heavy atom. The van der Waals surface area contributed by atoms with Crippen LogP contribution in [0.4, 0.5) is 4.39 Å². The molecule has 0 fully saturated rings. The maximum atomic E-state index is 15.8. The Hall–Kier alpha value is -4.41. The topological polar surface area (TPSA) is 103 Å². The second-order valence-electron chi connectivity index (χ2n) is 12.5. The Morgan fingerprint density at radius 3 is 2.39 bits per heavy atom. The van der Waals surface area contributed by atoms with Gasteiger partial charge in [0.2, 0.25) is 10.0 Å². The van der Waals surface area contributed by atoms with Gasteiger partial charge in [-0.3, -0.25) is 9.59 Å². The van der Waals surface area contributed by atoms with Gasteiger partial charge in [0.25, 0.3) is 5.56 Å². The van der Waals surface area contributed by atoms with Gasteiger partial charge in [-0.25, -0.2) is 22.5 Å². The highest BCUT2D eigenvalue weighted by atomic mass is 32.2. The van der Waals surface area contributed by atoms with Crippen LogP contribution in [0, 0.1) is 5.82 Å². The SMILES string of the molecule is CCCCc1nc2ccn(CCC(=O)c3ccccc3)c(=O)c2n1Cc1ccc(-c2ccccc2S(=O)(=O)NC(C)(C)C)cc1F. The number of hydrogen-bond donors (Lipinski definition) is 1. The monoisotopic (exact) mass is 642 g/mol. The summed E-state index contributed by atoms with van der Waals surface area (Å²) in [5.74, 6) is 0.0946. The van der Waals surface area contributed by atoms with Crippen molar-refractivity contribution in [2.75, 3.05) is 0 Å². The number of Topliss-reactive ketones (excluding diaryl/α,β-unsaturated/α-hetero) is 1. The molecule has 10 heteroatoms. The van der Waals surface area contributed by atoms with Crippen LogP contribution >= 0.6 is 0 Å². The first-order valence-corrected chi connectivity index (χ1v) is 16.9. The minimum Gasteiger partial charge on any atom is -0.319 e. The average Bonchev–Trinajstić information content (AvgIpc) is 3.37. The maximum Gasteiger partial charge on any atom is 0.276 e. The summed E-state index contributed by atoms with van der Waals surface area (Å²) in [5.41, 5.74) is 1.61. The van der Waals surface area contributed by atoms with Crippen molar-refractivity contribution in [3.63, 3.8) is 0 Å². The molecule has 0 bridgehead atoms. The van der Waals surface area contributed by atoms with Gasteiger partial charge in [0.1, 0.15) is 17.2 Å². The van der Waals surface area contributed by atoms with E-state index in [-0.39, 0.29) is 35.7 Å². The van der Waals surface area contributed by atoms with Crippen LogP contribution in [0.2, 0.25) is 0 Å². The zero-order valence-corrected chi connectivity index (χ0v) is 27.4. The molecule has 8 nitrogen and oxygen atoms in total. The molecule has 2 heterocycles. The van der Waals surface area contributed by atoms with Crippen molar-refractivity contribution < 1.29 is 17.6 Å². The second kappa shape index (κ2) is 13.5. The van der Waals surface area contributed by atoms with Gasteiger partial charge < -0.3 is 9.13 Å². The van der Waals surface area contributed by atoms with Crippen molar-refractivity contribution in [1.82, 2.24) is 18.8 Å². The highest BCUT2D eigenvalue weighted by Gasteiger charge is 2.25. The number of ketones is 1. The molecule has 240 valence electrons. The van der Waals surface area contributed by atoms with Crippen LogP contribution in [0.5, 0.6) is 0 Å². The first-order chi connectivity index (χ1) is 21.9. The van der Waals surface area contributed by atoms with Crippen molar-refractivity contribution in [3.8, 4) is 11.1 Å². The predicted octanol–water partition coefficient (Wildman–Crippen LogP) is 6.74. The number of benzene rings is 3. The minimum atomic E-state index is -3.88. The molecule has 46 heavy (non-hydrogen) atoms. The molecule has 0 aliphatic carbocycles. The number of imidazole rings is 1. The predicted molar refractivity (Wildman–Crippen MR) is 179 cm³/mol. The van der Waals surface area contributed by atoms with Crippen molar-refractivity contribution in [2.24, 2.45) is 0 Å². The number of aryl methyl sites for hydroxylation is 2. The summed E-state index contributed by atoms with van der Waals surface area (Å²) in [6, 6.07) is 21.9. The number of aromatic nitrogens is 3. The summed E-state index contributed by atoms with van der Waals surface area (Å²) in [5, 5.41) is 0. The fourth-order valence-corrected chi connectivity index (χ4v) is 7.15. The van der Waals surface area contributed by atoms with Crippen LogP contribution in [0.3, 0.4) is 0 Å². The van der Waals surface area contributed by atoms with Crippen molar-refractivity contribution in [1.29, 1.82) is 0 Å². The number of rotatable bonds is 12. The van der Waals surface area contributed by atoms with Crippen LogP contribution in [0.25, 0.3) is 22.2 Å². The molecule has 1 N–H and O–H groups in total. The maximum absolute atomic E-state index is 15.8. The molecule has 0 saturated carbocycles. The van der Waals surface area contributed by atoms with E-state index in [1.54, 1.807) is 92.2 Å². The van der Waals surface area contributed by atoms with E-state index in [1.807, 2.05) is 6.07 Å². The summed E-state index contributed by atoms with van der Waals surface area (Å²) < 4.78 is 48.2. The zero-order valence-electron chi connectivity index (χ0n) is 26.6. The van der Waals surface area contributed by atoms with Gasteiger partial charge >= 0.3 is 0 Å². The van der Waals surface area contributed by atoms with E-state index in [0.29, 0.717) is 45.5 Å². The summed E-state index contributed by atoms with van der Waals surface area (Å²) >= 11 is 0. The smallest absolute Gasteiger partial charge is 0.276 e. The third kappa shape index (κ3) is 7.35. The highest BCUT2D eigenvalue weighted by molar-refractivity contribution is 7.89. The molecule has 0 aliphatic rings. The molecule has 0 atom stereocenters. The van der Waals surface area contributed by atoms with Gasteiger partial charge in [-0.1, -0.05) is 74.0 Å². The number of hydrogen-bond acceptors (Lipinski definition) is 5. The number of sulfonamides is 1. The zero-order chi connectivity index (χ0) is 33.1. The lowest BCUT2D eigenvalue weighted by molar-refractivity contribution is 0.0976. The van der Waals surface area contributed by atoms with Gasteiger partial charge in [-0.2, -0.15) is 0 Å². The first-order valence-electron chi connectivity index (χ1n) is 15.5. The van der Waals surface area contributed by atoms with Crippen LogP contribution in [-0.2, 0) is 29.5 Å². The molecule has 5 rings (SSSR count). The molecule has 0 saturated heterocycles. The lowest BCUT2D eigenvalue weighted by Crippen LogP contribution is -2.40. The Bertz CT molecular complexity index is 2040. The van der Waals surface area contributed by atoms with Gasteiger partial charge in [0.05, 0.1) is 17.0 Å². The number of carbonyl (C=O) groups excluding carboxylic acids is 1. The fourth-order valence-electron chi connectivity index (χ4n) is 5.50. The molecule has 0 spiro atoms. The van der Waals surface area contributed by atoms with Gasteiger partial charge in [-0.15, -0.1) is 0 Å². The lowest BCUT2D eigenvalue weighted by atomic mass is 10.0. The quantitative estimate of drug-likeness (QED) is 0.152. The van der Waals surface area contributed by atoms with Crippen molar-refractivity contribution in [2.45, 2.75) is 76.9 Å². The average molecular weight is 643 g/mol. The second-order valence-corrected chi connectivity index (χ2v) is 14.1. The van der Waals surface area contributed by atoms with Gasteiger partial charge in [0.15, 0.2) is 5.78 Å². The molecule has 0 radical (unpaired) electrons. The number of fused-ring (bicyclic) bond motifs is 1. The van der Waals surface area contributed by atoms with Crippen LogP contribution in [0.1, 0.15) is 68.7 Å². The molecule has 0 amide bonds. The van der Waals surface area contributed by atoms with E-state index in [4.69, 9.17) is 4.98 Å². The number of halogens is 1. The van der Waals surface area contributed by atoms with E-state index in [9.17, 15) is 18.0 Å². The van der Waals surface area contributed by atoms with E-state index in [1.165, 1.54) is 16.7 Å². The van der Waals surface area contributed by atoms with Crippen LogP contribution in [-0.4, -0.2) is 33.9 Å². The van der Waals surface area contributed by atoms with E-state index in [0.717, 1.165) is 12.8 Å². The third-order valence-corrected chi connectivity index (χ3v) is 9.50. The third-order valence-electron chi connectivity index (χ3n) is 7.69. The van der Waals surface area contributed by atoms with Gasteiger partial charge in [-0.05, 0) is 51.0 Å². The fraction of sp³-hybridized carbons (Fsp3) is 0.306. The normalized spacial score (nSPS) is 12.1. The van der Waals surface area contributed by atoms with Crippen molar-refractivity contribution in [3.05, 3.63) is 118 Å². The Kier molecular flexibility index (Phi) is 9.69. The Balaban J connectivity index is 1.49. The summed E-state index contributed by atoms with van der Waals surface area (Å²) in [7, 11) is -3.88. The number of unbranched alkanes of at least 4 members (excludes halogenated alkanes) is 1. The molecular formula is C36H39FN4O4S. The molecule has 3 aromatic carbocycles. The molecule has 5 aromatic rings. The summed E-state index contributed by atoms with van der Waals surface area (Å²) in [6.45, 7) is 7.61. The van der Waals surface area contributed by atoms with Gasteiger partial charge in [0, 0.05) is 47.8 Å². The van der Waals surface area contributed by atoms with E-state index < -0.39 is 21.4 Å². The van der Waals surface area contributed by atoms with Crippen LogP contribution in [0.15, 0.2) is 94.7 Å². The van der Waals surface area contributed by atoms with Crippen LogP contribution < -0.4 is 10.3 Å². The Morgan fingerprint density at radius 2 is 1.70 bits per heavy atom. The lowest BCUT2D eigenvalue weighted by Gasteiger charge is -2.21. The molecule has 0 aliphatic heterocycles. The Labute approximate surface area is 269 Å². The minimum absolute atomic E-state index is 0.0598. The molecule has 2 aromatic heterocycles. The van der Waals surface area contributed by atoms with E-state index >= 15 is 4.39 Å². The molecular weight excluding hydrogens is 603 g/mol. The standard InChI is InChI=1S/C36H39FN4O4S/c1-5-6-16-33-38-30-19-21-40(22-20-31(42)25-12-8-7-9-13-25)35(43)34(30)41(33)24-27-18-17-26(23-29(27)37)28-14-10-11-15-32(28)46(44,45)39-36(2,3)4/h7-15,17-19,21,23,39H,5-6,16,20,22,24H2,1-4H3. The largest absolute Gasteiger partial charge is 0.319 e. The first kappa shape index (κ1) is 33.0. The summed E-state index contributed by atoms with van der Waals surface area (Å²) in [4.78, 5) is 31.3. The summed E-state index contributed by atoms with van der Waals surface area (Å²) in [6.07, 6.45) is 4.19. The number of pyridine rings is 1. The van der Waals surface area contributed by atoms with Crippen molar-refractivity contribution >= 4 is 26.8 Å². The number of nitrogens with zero attached hydrogens (tertiary/aromatic N) is 3. The number of carbonyl (C=O) groups is 1. The molecule has 0 unspecified atom stereocenters. The van der Waals surface area contributed by atoms with E-state index in [2.05, 4.69) is 11.6 Å².